The first-order valence-electron chi connectivity index (χ1n) is 8.04. The van der Waals surface area contributed by atoms with Gasteiger partial charge in [0.25, 0.3) is 0 Å². The van der Waals surface area contributed by atoms with Gasteiger partial charge in [0.05, 0.1) is 10.7 Å². The van der Waals surface area contributed by atoms with Crippen LogP contribution in [-0.4, -0.2) is 27.6 Å². The Bertz CT molecular complexity index is 416. The molecule has 1 N–H and O–H groups in total. The van der Waals surface area contributed by atoms with E-state index in [-0.39, 0.29) is 0 Å². The molecular weight excluding hydrogens is 266 g/mol. The van der Waals surface area contributed by atoms with Crippen molar-refractivity contribution in [2.24, 2.45) is 13.0 Å². The first-order valence-corrected chi connectivity index (χ1v) is 8.92. The Labute approximate surface area is 127 Å². The summed E-state index contributed by atoms with van der Waals surface area (Å²) in [6.07, 6.45) is 6.78. The Morgan fingerprint density at radius 2 is 2.20 bits per heavy atom. The summed E-state index contributed by atoms with van der Waals surface area (Å²) in [7, 11) is 2.06. The van der Waals surface area contributed by atoms with Crippen LogP contribution in [0.5, 0.6) is 0 Å². The molecule has 1 aromatic heterocycles. The van der Waals surface area contributed by atoms with Gasteiger partial charge in [-0.2, -0.15) is 5.10 Å². The van der Waals surface area contributed by atoms with Gasteiger partial charge in [-0.3, -0.25) is 4.68 Å². The molecule has 3 nitrogen and oxygen atoms in total. The molecule has 1 aromatic rings. The van der Waals surface area contributed by atoms with Crippen molar-refractivity contribution in [2.45, 2.75) is 69.2 Å². The molecule has 4 heteroatoms. The molecule has 1 aliphatic carbocycles. The van der Waals surface area contributed by atoms with Crippen LogP contribution < -0.4 is 5.32 Å². The lowest BCUT2D eigenvalue weighted by molar-refractivity contribution is 0.289. The summed E-state index contributed by atoms with van der Waals surface area (Å²) in [5.41, 5.74) is 1.12. The first kappa shape index (κ1) is 15.9. The second-order valence-corrected chi connectivity index (χ2v) is 7.30. The van der Waals surface area contributed by atoms with Crippen LogP contribution in [0.4, 0.5) is 0 Å². The fourth-order valence-electron chi connectivity index (χ4n) is 3.36. The van der Waals surface area contributed by atoms with Gasteiger partial charge in [-0.05, 0) is 44.7 Å². The van der Waals surface area contributed by atoms with E-state index in [9.17, 15) is 0 Å². The first-order chi connectivity index (χ1) is 9.63. The number of hydrogen-bond acceptors (Lipinski definition) is 3. The van der Waals surface area contributed by atoms with Crippen LogP contribution in [0.25, 0.3) is 0 Å². The van der Waals surface area contributed by atoms with Crippen molar-refractivity contribution in [1.29, 1.82) is 0 Å². The monoisotopic (exact) mass is 295 g/mol. The summed E-state index contributed by atoms with van der Waals surface area (Å²) in [4.78, 5) is 0. The number of nitrogens with zero attached hydrogens (tertiary/aromatic N) is 2. The minimum absolute atomic E-state index is 0.660. The highest BCUT2D eigenvalue weighted by atomic mass is 32.2. The minimum atomic E-state index is 0.660. The van der Waals surface area contributed by atoms with Gasteiger partial charge in [-0.15, -0.1) is 11.8 Å². The molecule has 3 unspecified atom stereocenters. The van der Waals surface area contributed by atoms with Crippen molar-refractivity contribution < 1.29 is 0 Å². The van der Waals surface area contributed by atoms with E-state index < -0.39 is 0 Å². The zero-order valence-electron chi connectivity index (χ0n) is 13.4. The third kappa shape index (κ3) is 4.01. The number of hydrogen-bond donors (Lipinski definition) is 1. The zero-order chi connectivity index (χ0) is 14.5. The van der Waals surface area contributed by atoms with Gasteiger partial charge in [-0.1, -0.05) is 26.7 Å². The number of aromatic nitrogens is 2. The van der Waals surface area contributed by atoms with Crippen molar-refractivity contribution >= 4 is 11.8 Å². The molecule has 0 aliphatic heterocycles. The smallest absolute Gasteiger partial charge is 0.0942 e. The average molecular weight is 295 g/mol. The quantitative estimate of drug-likeness (QED) is 0.866. The van der Waals surface area contributed by atoms with E-state index in [1.807, 2.05) is 16.4 Å². The van der Waals surface area contributed by atoms with E-state index in [4.69, 9.17) is 0 Å². The minimum Gasteiger partial charge on any atom is -0.313 e. The van der Waals surface area contributed by atoms with E-state index in [0.29, 0.717) is 11.3 Å². The molecular formula is C16H29N3S. The highest BCUT2D eigenvalue weighted by Gasteiger charge is 2.30. The van der Waals surface area contributed by atoms with Gasteiger partial charge in [0.1, 0.15) is 0 Å². The molecule has 0 amide bonds. The number of thioether (sulfide) groups is 1. The maximum atomic E-state index is 4.48. The Morgan fingerprint density at radius 3 is 2.80 bits per heavy atom. The molecule has 1 heterocycles. The number of nitrogens with one attached hydrogen (secondary N) is 1. The topological polar surface area (TPSA) is 29.9 Å². The van der Waals surface area contributed by atoms with Crippen molar-refractivity contribution in [2.75, 3.05) is 6.54 Å². The molecule has 0 aromatic carbocycles. The predicted molar refractivity (Wildman–Crippen MR) is 87.3 cm³/mol. The van der Waals surface area contributed by atoms with Crippen LogP contribution >= 0.6 is 11.8 Å². The molecule has 3 atom stereocenters. The van der Waals surface area contributed by atoms with Crippen LogP contribution in [0.15, 0.2) is 11.1 Å². The van der Waals surface area contributed by atoms with Crippen LogP contribution in [0.1, 0.15) is 51.6 Å². The van der Waals surface area contributed by atoms with Gasteiger partial charge in [0.15, 0.2) is 0 Å². The molecule has 1 aliphatic rings. The van der Waals surface area contributed by atoms with E-state index in [1.165, 1.54) is 37.1 Å². The Morgan fingerprint density at radius 1 is 1.40 bits per heavy atom. The van der Waals surface area contributed by atoms with Crippen molar-refractivity contribution in [1.82, 2.24) is 15.1 Å². The van der Waals surface area contributed by atoms with Crippen LogP contribution in [0, 0.1) is 12.8 Å². The summed E-state index contributed by atoms with van der Waals surface area (Å²) >= 11 is 2.03. The van der Waals surface area contributed by atoms with Gasteiger partial charge in [0, 0.05) is 18.3 Å². The summed E-state index contributed by atoms with van der Waals surface area (Å²) in [5.74, 6) is 0.918. The van der Waals surface area contributed by atoms with Gasteiger partial charge in [0.2, 0.25) is 0 Å². The zero-order valence-corrected chi connectivity index (χ0v) is 14.2. The van der Waals surface area contributed by atoms with E-state index in [0.717, 1.165) is 18.2 Å². The van der Waals surface area contributed by atoms with Gasteiger partial charge < -0.3 is 5.32 Å². The maximum absolute atomic E-state index is 4.48. The van der Waals surface area contributed by atoms with E-state index >= 15 is 0 Å². The van der Waals surface area contributed by atoms with Crippen molar-refractivity contribution in [3.05, 3.63) is 11.8 Å². The molecule has 114 valence electrons. The van der Waals surface area contributed by atoms with Gasteiger partial charge in [-0.25, -0.2) is 0 Å². The van der Waals surface area contributed by atoms with Crippen LogP contribution in [0.3, 0.4) is 0 Å². The Kier molecular flexibility index (Phi) is 5.97. The fraction of sp³-hybridized carbons (Fsp3) is 0.812. The van der Waals surface area contributed by atoms with E-state index in [2.05, 4.69) is 44.3 Å². The SMILES string of the molecule is CCCC1CCC(NCC)C(Sc2cc(C)nn2C)C1. The standard InChI is InChI=1S/C16H29N3S/c1-5-7-13-8-9-14(17-6-2)15(11-13)20-16-10-12(3)18-19(16)4/h10,13-15,17H,5-9,11H2,1-4H3. The maximum Gasteiger partial charge on any atom is 0.0942 e. The lowest BCUT2D eigenvalue weighted by atomic mass is 9.83. The van der Waals surface area contributed by atoms with Crippen LogP contribution in [0.2, 0.25) is 0 Å². The molecule has 1 saturated carbocycles. The molecule has 0 saturated heterocycles. The second-order valence-electron chi connectivity index (χ2n) is 6.04. The Balaban J connectivity index is 2.04. The normalized spacial score (nSPS) is 26.9. The number of rotatable bonds is 6. The third-order valence-corrected chi connectivity index (χ3v) is 5.74. The summed E-state index contributed by atoms with van der Waals surface area (Å²) < 4.78 is 2.03. The average Bonchev–Trinajstić information content (AvgIpc) is 2.71. The molecule has 0 radical (unpaired) electrons. The van der Waals surface area contributed by atoms with Gasteiger partial charge >= 0.3 is 0 Å². The second kappa shape index (κ2) is 7.51. The molecule has 2 rings (SSSR count). The van der Waals surface area contributed by atoms with E-state index in [1.54, 1.807) is 0 Å². The highest BCUT2D eigenvalue weighted by Crippen LogP contribution is 2.38. The Hall–Kier alpha value is -0.480. The molecule has 0 bridgehead atoms. The lowest BCUT2D eigenvalue weighted by Gasteiger charge is -2.36. The van der Waals surface area contributed by atoms with Crippen LogP contribution in [-0.2, 0) is 7.05 Å². The lowest BCUT2D eigenvalue weighted by Crippen LogP contribution is -2.42. The van der Waals surface area contributed by atoms with Crippen molar-refractivity contribution in [3.63, 3.8) is 0 Å². The summed E-state index contributed by atoms with van der Waals surface area (Å²) in [6.45, 7) is 7.67. The fourth-order valence-corrected chi connectivity index (χ4v) is 4.87. The molecule has 20 heavy (non-hydrogen) atoms. The summed E-state index contributed by atoms with van der Waals surface area (Å²) in [5, 5.41) is 10.2. The largest absolute Gasteiger partial charge is 0.313 e. The molecule has 1 fully saturated rings. The molecule has 0 spiro atoms. The highest BCUT2D eigenvalue weighted by molar-refractivity contribution is 7.99. The van der Waals surface area contributed by atoms with Crippen molar-refractivity contribution in [3.8, 4) is 0 Å². The number of aryl methyl sites for hydroxylation is 2. The summed E-state index contributed by atoms with van der Waals surface area (Å²) in [6, 6.07) is 2.88. The third-order valence-electron chi connectivity index (χ3n) is 4.29. The predicted octanol–water partition coefficient (Wildman–Crippen LogP) is 3.77.